The minimum Gasteiger partial charge on any atom is -0.474 e. The number of likely N-dealkylation sites (N-methyl/N-ethyl adjacent to an activating group) is 1. The summed E-state index contributed by atoms with van der Waals surface area (Å²) in [5, 5.41) is 16.9. The quantitative estimate of drug-likeness (QED) is 0.0352. The van der Waals surface area contributed by atoms with Gasteiger partial charge in [-0.05, 0) is 219 Å². The van der Waals surface area contributed by atoms with Gasteiger partial charge in [0.2, 0.25) is 5.88 Å². The lowest BCUT2D eigenvalue weighted by Crippen LogP contribution is -2.37. The van der Waals surface area contributed by atoms with Gasteiger partial charge in [-0.2, -0.15) is 0 Å². The molecule has 25 heteroatoms. The van der Waals surface area contributed by atoms with Crippen molar-refractivity contribution in [3.05, 3.63) is 166 Å². The topological polar surface area (TPSA) is 274 Å². The molecule has 4 aliphatic carbocycles. The molecule has 10 heterocycles. The van der Waals surface area contributed by atoms with Crippen LogP contribution in [0.5, 0.6) is 5.88 Å². The summed E-state index contributed by atoms with van der Waals surface area (Å²) >= 11 is 0. The number of nitrogens with zero attached hydrogens (tertiary/aromatic N) is 16. The fourth-order valence-corrected chi connectivity index (χ4v) is 14.9. The molecule has 0 unspecified atom stereocenters. The number of aromatic nitrogens is 13. The Balaban J connectivity index is 0.000000207. The molecule has 8 aromatic rings. The van der Waals surface area contributed by atoms with Crippen LogP contribution in [0.3, 0.4) is 0 Å². The van der Waals surface area contributed by atoms with Crippen molar-refractivity contribution >= 4 is 34.9 Å². The number of pyridine rings is 3. The van der Waals surface area contributed by atoms with Gasteiger partial charge in [-0.3, -0.25) is 0 Å². The van der Waals surface area contributed by atoms with Crippen molar-refractivity contribution in [2.24, 2.45) is 11.8 Å². The number of nitrogens with one attached hydrogen (secondary N) is 5. The molecule has 2 aliphatic heterocycles. The molecule has 0 radical (unpaired) electrons. The number of anilines is 6. The Labute approximate surface area is 797 Å². The minimum absolute atomic E-state index is 0.0562. The van der Waals surface area contributed by atoms with Gasteiger partial charge in [-0.1, -0.05) is 185 Å². The number of methoxy groups -OCH3 is 1. The third-order valence-electron chi connectivity index (χ3n) is 24.1. The number of hydrogen-bond donors (Lipinski definition) is 5. The van der Waals surface area contributed by atoms with Crippen LogP contribution >= 0.6 is 0 Å². The second-order valence-corrected chi connectivity index (χ2v) is 45.4. The minimum atomic E-state index is 0.0562. The van der Waals surface area contributed by atoms with E-state index in [9.17, 15) is 0 Å². The summed E-state index contributed by atoms with van der Waals surface area (Å²) in [5.41, 5.74) is 15.3. The van der Waals surface area contributed by atoms with Crippen molar-refractivity contribution in [2.45, 2.75) is 344 Å². The van der Waals surface area contributed by atoms with E-state index in [-0.39, 0.29) is 43.3 Å². The normalized spacial score (nSPS) is 16.2. The van der Waals surface area contributed by atoms with E-state index in [1.54, 1.807) is 38.7 Å². The van der Waals surface area contributed by atoms with Gasteiger partial charge in [0.15, 0.2) is 0 Å². The molecular weight excluding hydrogens is 1640 g/mol. The van der Waals surface area contributed by atoms with Crippen LogP contribution in [0.4, 0.5) is 34.9 Å². The first-order chi connectivity index (χ1) is 61.9. The van der Waals surface area contributed by atoms with E-state index in [2.05, 4.69) is 347 Å². The first-order valence-electron chi connectivity index (χ1n) is 49.1. The summed E-state index contributed by atoms with van der Waals surface area (Å²) in [6, 6.07) is 22.4. The maximum absolute atomic E-state index is 5.78. The van der Waals surface area contributed by atoms with E-state index in [0.717, 1.165) is 179 Å². The highest BCUT2D eigenvalue weighted by atomic mass is 16.5. The molecule has 132 heavy (non-hydrogen) atoms. The summed E-state index contributed by atoms with van der Waals surface area (Å²) in [6.07, 6.45) is 30.6. The van der Waals surface area contributed by atoms with Crippen LogP contribution in [-0.2, 0) is 70.4 Å². The van der Waals surface area contributed by atoms with E-state index in [1.165, 1.54) is 111 Å². The third kappa shape index (κ3) is 40.4. The monoisotopic (exact) mass is 1820 g/mol. The standard InChI is InChI=1S/C17H27N3O.C15H24N2.C13H24N4.C13H20N2O.C13H20N2.C13H19NO.C12H22N4.C11H19N3O/c1-17(2,3)13-11-15(18-14-5-4-6-14)19-16(12-13)20-7-9-21-10-8-20;1-10-9-13(17-12-7-6-8-12)16-11(2)14(10)15(3,4)5;1-13(2,3)11-9-12(16-10-15-11)14-7-6-8-17(4)5;1-13(2,3)12-7-11(14-9-15-12)6-10-4-5-16-8-10;1-13(2,3)12-8-11(14-9-15-12)7-10-5-4-6-10;1-13(2,3)10-7-8-14-12(9-10)15-11-5-4-6-11;1-12(2,3)10-8-11(15-9-14-10)13-6-7-16(4)5;1-11(2,3)9-7-10(14-8-13-9)12-5-6-15-4/h11-12,14H,4-10H2,1-3H3,(H,18,19);9,12H,6-8H2,1-5H3,(H,16,17);9-10H,6-8H2,1-5H3,(H,14,15,16);7,9-10H,4-6,8H2,1-3H3;8-10H,4-7H2,1-3H3;7-9,11H,4-6H2,1-3H3;8-9H,6-7H2,1-5H3,(H,13,14,15);7-8H,5-6H2,1-4H3,(H,12,13,14)/t;;;10-;;;;/m...1..../s1. The smallest absolute Gasteiger partial charge is 0.213 e. The van der Waals surface area contributed by atoms with Gasteiger partial charge in [-0.15, -0.1) is 0 Å². The summed E-state index contributed by atoms with van der Waals surface area (Å²) in [6.45, 7) is 67.5. The lowest BCUT2D eigenvalue weighted by atomic mass is 9.81. The molecule has 8 aromatic heterocycles. The molecule has 6 aliphatic rings. The summed E-state index contributed by atoms with van der Waals surface area (Å²) in [4.78, 5) is 63.3. The Morgan fingerprint density at radius 1 is 0.402 bits per heavy atom. The van der Waals surface area contributed by atoms with Crippen molar-refractivity contribution in [2.75, 3.05) is 146 Å². The van der Waals surface area contributed by atoms with Crippen molar-refractivity contribution in [3.63, 3.8) is 0 Å². The van der Waals surface area contributed by atoms with Gasteiger partial charge >= 0.3 is 0 Å². The van der Waals surface area contributed by atoms with Crippen molar-refractivity contribution in [1.29, 1.82) is 0 Å². The zero-order valence-corrected chi connectivity index (χ0v) is 87.7. The zero-order valence-electron chi connectivity index (χ0n) is 87.7. The molecule has 0 bridgehead atoms. The number of aryl methyl sites for hydroxylation is 2. The predicted octanol–water partition coefficient (Wildman–Crippen LogP) is 21.6. The lowest BCUT2D eigenvalue weighted by Gasteiger charge is -2.32. The van der Waals surface area contributed by atoms with Crippen LogP contribution < -0.4 is 36.2 Å². The highest BCUT2D eigenvalue weighted by Crippen LogP contribution is 2.36. The van der Waals surface area contributed by atoms with Gasteiger partial charge < -0.3 is 60.2 Å². The zero-order chi connectivity index (χ0) is 97.3. The number of hydrogen-bond acceptors (Lipinski definition) is 25. The molecule has 732 valence electrons. The molecule has 5 N–H and O–H groups in total. The van der Waals surface area contributed by atoms with E-state index in [4.69, 9.17) is 28.9 Å². The maximum atomic E-state index is 5.78. The van der Waals surface area contributed by atoms with Gasteiger partial charge in [-0.25, -0.2) is 64.8 Å². The highest BCUT2D eigenvalue weighted by molar-refractivity contribution is 5.53. The summed E-state index contributed by atoms with van der Waals surface area (Å²) in [5.74, 6) is 8.17. The Hall–Kier alpha value is -8.75. The Morgan fingerprint density at radius 3 is 1.23 bits per heavy atom. The molecule has 25 nitrogen and oxygen atoms in total. The molecule has 0 spiro atoms. The Kier molecular flexibility index (Phi) is 43.3. The van der Waals surface area contributed by atoms with Crippen molar-refractivity contribution in [3.8, 4) is 5.88 Å². The lowest BCUT2D eigenvalue weighted by molar-refractivity contribution is 0.114. The van der Waals surface area contributed by atoms with Gasteiger partial charge in [0, 0.05) is 158 Å². The van der Waals surface area contributed by atoms with Crippen LogP contribution in [0.2, 0.25) is 0 Å². The average Bonchev–Trinajstić information content (AvgIpc) is 0.869. The van der Waals surface area contributed by atoms with Crippen LogP contribution in [0, 0.1) is 25.7 Å². The fourth-order valence-electron chi connectivity index (χ4n) is 14.9. The summed E-state index contributed by atoms with van der Waals surface area (Å²) in [7, 11) is 9.97. The molecule has 1 atom stereocenters. The molecular formula is C107H175N21O4. The molecule has 6 fully saturated rings. The maximum Gasteiger partial charge on any atom is 0.213 e. The summed E-state index contributed by atoms with van der Waals surface area (Å²) < 4.78 is 21.6. The van der Waals surface area contributed by atoms with Crippen LogP contribution in [-0.4, -0.2) is 207 Å². The highest BCUT2D eigenvalue weighted by Gasteiger charge is 2.29. The number of ether oxygens (including phenoxy) is 4. The molecule has 0 aromatic carbocycles. The molecule has 2 saturated heterocycles. The van der Waals surface area contributed by atoms with Crippen LogP contribution in [0.15, 0.2) is 98.5 Å². The second kappa shape index (κ2) is 51.8. The molecule has 0 amide bonds. The van der Waals surface area contributed by atoms with E-state index in [1.807, 2.05) is 24.4 Å². The predicted molar refractivity (Wildman–Crippen MR) is 549 cm³/mol. The van der Waals surface area contributed by atoms with Crippen molar-refractivity contribution < 1.29 is 18.9 Å². The van der Waals surface area contributed by atoms with Crippen molar-refractivity contribution in [1.82, 2.24) is 74.6 Å². The van der Waals surface area contributed by atoms with Gasteiger partial charge in [0.1, 0.15) is 72.6 Å². The first-order valence-corrected chi connectivity index (χ1v) is 49.1. The Bertz CT molecular complexity index is 4560. The van der Waals surface area contributed by atoms with Gasteiger partial charge in [0.05, 0.1) is 36.9 Å². The van der Waals surface area contributed by atoms with E-state index < -0.39 is 0 Å². The molecule has 4 saturated carbocycles. The van der Waals surface area contributed by atoms with Crippen LogP contribution in [0.25, 0.3) is 0 Å². The Morgan fingerprint density at radius 2 is 0.841 bits per heavy atom. The number of morpholine rings is 1. The average molecular weight is 1820 g/mol. The largest absolute Gasteiger partial charge is 0.474 e. The fraction of sp³-hybridized carbons (Fsp3) is 0.673. The van der Waals surface area contributed by atoms with Gasteiger partial charge in [0.25, 0.3) is 0 Å². The first kappa shape index (κ1) is 110. The second-order valence-electron chi connectivity index (χ2n) is 45.4. The SMILES string of the molecule is CC(C)(C)c1cc(CC2CCC2)ncn1.CC(C)(C)c1cc(C[C@H]2CCOC2)ncn1.CC(C)(C)c1cc(NC2CCC2)nc(N2CCOCC2)c1.CC(C)(C)c1ccnc(OC2CCC2)c1.CN(C)CCCNc1cc(C(C)(C)C)ncn1.CN(C)CCNc1cc(C(C)(C)C)ncn1.COCCNc1cc(C(C)(C)C)ncn1.Cc1cc(NC2CCC2)nc(C)c1C(C)(C)C. The molecule has 14 rings (SSSR count). The van der Waals surface area contributed by atoms with E-state index in [0.29, 0.717) is 30.7 Å². The van der Waals surface area contributed by atoms with E-state index >= 15 is 0 Å². The third-order valence-corrected chi connectivity index (χ3v) is 24.1. The number of rotatable bonds is 24. The van der Waals surface area contributed by atoms with Crippen LogP contribution in [0.1, 0.15) is 324 Å².